The maximum Gasteiger partial charge on any atom is 0.410 e. The Morgan fingerprint density at radius 1 is 0.714 bits per heavy atom. The molecular weight excluding hydrogens is 628 g/mol. The maximum atomic E-state index is 13.3. The number of rotatable bonds is 6. The highest BCUT2D eigenvalue weighted by molar-refractivity contribution is 6.20. The number of carbonyl (C=O) groups is 5. The second kappa shape index (κ2) is 12.3. The van der Waals surface area contributed by atoms with Gasteiger partial charge in [0.15, 0.2) is 0 Å². The number of imide groups is 1. The first-order valence-electron chi connectivity index (χ1n) is 16.5. The molecule has 0 bridgehead atoms. The van der Waals surface area contributed by atoms with E-state index in [1.165, 1.54) is 17.0 Å². The first-order valence-corrected chi connectivity index (χ1v) is 16.5. The molecule has 0 atom stereocenters. The van der Waals surface area contributed by atoms with E-state index in [9.17, 15) is 24.0 Å². The molecule has 3 aromatic rings. The van der Waals surface area contributed by atoms with Gasteiger partial charge in [-0.05, 0) is 55.2 Å². The predicted octanol–water partition coefficient (Wildman–Crippen LogP) is 4.69. The van der Waals surface area contributed by atoms with Gasteiger partial charge < -0.3 is 24.1 Å². The second-order valence-electron chi connectivity index (χ2n) is 13.9. The van der Waals surface area contributed by atoms with Crippen LogP contribution in [0.4, 0.5) is 9.59 Å². The van der Waals surface area contributed by atoms with Crippen LogP contribution in [0.3, 0.4) is 0 Å². The Kier molecular flexibility index (Phi) is 8.14. The van der Waals surface area contributed by atoms with Crippen LogP contribution in [0.1, 0.15) is 65.0 Å². The van der Waals surface area contributed by atoms with Gasteiger partial charge >= 0.3 is 18.2 Å². The van der Waals surface area contributed by atoms with E-state index in [0.29, 0.717) is 31.2 Å². The van der Waals surface area contributed by atoms with Crippen molar-refractivity contribution < 1.29 is 38.3 Å². The largest absolute Gasteiger partial charge is 0.448 e. The lowest BCUT2D eigenvalue weighted by Gasteiger charge is -2.56. The van der Waals surface area contributed by atoms with Gasteiger partial charge in [0, 0.05) is 45.2 Å². The summed E-state index contributed by atoms with van der Waals surface area (Å²) in [5.74, 6) is -2.24. The quantitative estimate of drug-likeness (QED) is 0.345. The van der Waals surface area contributed by atoms with Gasteiger partial charge in [-0.1, -0.05) is 65.7 Å². The average Bonchev–Trinajstić information content (AvgIpc) is 3.51. The van der Waals surface area contributed by atoms with E-state index in [4.69, 9.17) is 14.3 Å². The molecular formula is C37H38N4O8. The normalized spacial score (nSPS) is 18.4. The van der Waals surface area contributed by atoms with E-state index >= 15 is 0 Å². The summed E-state index contributed by atoms with van der Waals surface area (Å²) in [5, 5.41) is 0.500. The standard InChI is InChI=1S/C37H38N4O8/c1-36(2,3)48-35(46)39-22-37(23-39,20-31(42)49-41-32(43)28-14-8-9-15-29(28)33(41)44)40-18-16-38(17-19-40)34(45)47-21-30-26-12-6-4-10-24(26)25-11-5-7-13-27(25)30/h4-15,30H,16-23H2,1-3H3. The molecule has 0 aromatic heterocycles. The van der Waals surface area contributed by atoms with Crippen LogP contribution >= 0.6 is 0 Å². The Bertz CT molecular complexity index is 1760. The average molecular weight is 667 g/mol. The summed E-state index contributed by atoms with van der Waals surface area (Å²) in [7, 11) is 0. The summed E-state index contributed by atoms with van der Waals surface area (Å²) in [6.45, 7) is 7.40. The van der Waals surface area contributed by atoms with E-state index in [1.54, 1.807) is 37.8 Å². The van der Waals surface area contributed by atoms with Crippen molar-refractivity contribution in [2.45, 2.75) is 44.2 Å². The highest BCUT2D eigenvalue weighted by Gasteiger charge is 2.53. The summed E-state index contributed by atoms with van der Waals surface area (Å²) >= 11 is 0. The molecule has 3 aliphatic heterocycles. The number of likely N-dealkylation sites (tertiary alicyclic amines) is 1. The zero-order chi connectivity index (χ0) is 34.5. The summed E-state index contributed by atoms with van der Waals surface area (Å²) in [4.78, 5) is 75.7. The molecule has 12 heteroatoms. The van der Waals surface area contributed by atoms with Gasteiger partial charge in [-0.3, -0.25) is 14.5 Å². The third kappa shape index (κ3) is 6.01. The Labute approximate surface area is 284 Å². The first kappa shape index (κ1) is 32.3. The van der Waals surface area contributed by atoms with Crippen LogP contribution in [0.5, 0.6) is 0 Å². The van der Waals surface area contributed by atoms with Crippen LogP contribution in [0.25, 0.3) is 11.1 Å². The smallest absolute Gasteiger partial charge is 0.410 e. The monoisotopic (exact) mass is 666 g/mol. The van der Waals surface area contributed by atoms with E-state index in [-0.39, 0.29) is 43.2 Å². The third-order valence-corrected chi connectivity index (χ3v) is 9.59. The van der Waals surface area contributed by atoms with E-state index in [0.717, 1.165) is 22.3 Å². The lowest BCUT2D eigenvalue weighted by molar-refractivity contribution is -0.176. The molecule has 0 spiro atoms. The molecule has 0 unspecified atom stereocenters. The molecule has 12 nitrogen and oxygen atoms in total. The van der Waals surface area contributed by atoms with Crippen LogP contribution in [0.2, 0.25) is 0 Å². The third-order valence-electron chi connectivity index (χ3n) is 9.59. The van der Waals surface area contributed by atoms with Gasteiger partial charge in [-0.25, -0.2) is 14.4 Å². The molecule has 4 aliphatic rings. The van der Waals surface area contributed by atoms with Gasteiger partial charge in [-0.15, -0.1) is 0 Å². The first-order chi connectivity index (χ1) is 23.4. The molecule has 2 saturated heterocycles. The molecule has 3 heterocycles. The Hall–Kier alpha value is -5.23. The predicted molar refractivity (Wildman–Crippen MR) is 176 cm³/mol. The van der Waals surface area contributed by atoms with Crippen LogP contribution in [0.15, 0.2) is 72.8 Å². The highest BCUT2D eigenvalue weighted by Crippen LogP contribution is 2.44. The number of amides is 4. The van der Waals surface area contributed by atoms with E-state index in [1.807, 2.05) is 24.3 Å². The summed E-state index contributed by atoms with van der Waals surface area (Å²) < 4.78 is 11.4. The van der Waals surface area contributed by atoms with Crippen LogP contribution in [-0.2, 0) is 19.1 Å². The lowest BCUT2D eigenvalue weighted by atomic mass is 9.84. The van der Waals surface area contributed by atoms with Crippen LogP contribution < -0.4 is 0 Å². The van der Waals surface area contributed by atoms with E-state index < -0.39 is 41.1 Å². The molecule has 7 rings (SSSR count). The van der Waals surface area contributed by atoms with Crippen molar-refractivity contribution in [3.63, 3.8) is 0 Å². The minimum absolute atomic E-state index is 0.0529. The summed E-state index contributed by atoms with van der Waals surface area (Å²) in [5.41, 5.74) is 3.36. The topological polar surface area (TPSA) is 126 Å². The van der Waals surface area contributed by atoms with Crippen molar-refractivity contribution in [1.29, 1.82) is 0 Å². The molecule has 0 radical (unpaired) electrons. The molecule has 1 aliphatic carbocycles. The minimum Gasteiger partial charge on any atom is -0.448 e. The van der Waals surface area contributed by atoms with Gasteiger partial charge in [0.1, 0.15) is 12.2 Å². The van der Waals surface area contributed by atoms with Gasteiger partial charge in [-0.2, -0.15) is 0 Å². The number of hydrogen-bond donors (Lipinski definition) is 0. The summed E-state index contributed by atoms with van der Waals surface area (Å²) in [6.07, 6.45) is -1.11. The molecule has 3 aromatic carbocycles. The number of fused-ring (bicyclic) bond motifs is 4. The fourth-order valence-corrected chi connectivity index (χ4v) is 7.24. The van der Waals surface area contributed by atoms with Crippen molar-refractivity contribution in [1.82, 2.24) is 19.8 Å². The fourth-order valence-electron chi connectivity index (χ4n) is 7.24. The molecule has 2 fully saturated rings. The lowest BCUT2D eigenvalue weighted by Crippen LogP contribution is -2.74. The van der Waals surface area contributed by atoms with Crippen LogP contribution in [-0.4, -0.2) is 107 Å². The Morgan fingerprint density at radius 3 is 1.76 bits per heavy atom. The van der Waals surface area contributed by atoms with Crippen LogP contribution in [0, 0.1) is 0 Å². The molecule has 254 valence electrons. The Morgan fingerprint density at radius 2 is 1.22 bits per heavy atom. The molecule has 0 N–H and O–H groups in total. The van der Waals surface area contributed by atoms with Gasteiger partial charge in [0.25, 0.3) is 11.8 Å². The highest BCUT2D eigenvalue weighted by atomic mass is 16.7. The number of benzene rings is 3. The number of hydrogen-bond acceptors (Lipinski definition) is 9. The van der Waals surface area contributed by atoms with Gasteiger partial charge in [0.05, 0.1) is 23.1 Å². The molecule has 0 saturated carbocycles. The zero-order valence-corrected chi connectivity index (χ0v) is 27.7. The van der Waals surface area contributed by atoms with Crippen molar-refractivity contribution >= 4 is 30.0 Å². The second-order valence-corrected chi connectivity index (χ2v) is 13.9. The molecule has 49 heavy (non-hydrogen) atoms. The van der Waals surface area contributed by atoms with E-state index in [2.05, 4.69) is 29.2 Å². The number of carbonyl (C=O) groups excluding carboxylic acids is 5. The van der Waals surface area contributed by atoms with Gasteiger partial charge in [0.2, 0.25) is 0 Å². The molecule has 4 amide bonds. The fraction of sp³-hybridized carbons (Fsp3) is 0.378. The van der Waals surface area contributed by atoms with Crippen molar-refractivity contribution in [3.05, 3.63) is 95.1 Å². The SMILES string of the molecule is CC(C)(C)OC(=O)N1CC(CC(=O)ON2C(=O)c3ccccc3C2=O)(N2CCN(C(=O)OCC3c4ccccc4-c4ccccc43)CC2)C1. The minimum atomic E-state index is -0.847. The van der Waals surface area contributed by atoms with Crippen molar-refractivity contribution in [2.75, 3.05) is 45.9 Å². The number of piperazine rings is 1. The number of hydroxylamine groups is 2. The summed E-state index contributed by atoms with van der Waals surface area (Å²) in [6, 6.07) is 22.6. The number of ether oxygens (including phenoxy) is 2. The van der Waals surface area contributed by atoms with Crippen molar-refractivity contribution in [3.8, 4) is 11.1 Å². The van der Waals surface area contributed by atoms with Crippen molar-refractivity contribution in [2.24, 2.45) is 0 Å². The zero-order valence-electron chi connectivity index (χ0n) is 27.7. The Balaban J connectivity index is 0.996. The number of nitrogens with zero attached hydrogens (tertiary/aromatic N) is 4. The maximum absolute atomic E-state index is 13.3.